The second-order valence-corrected chi connectivity index (χ2v) is 7.51. The van der Waals surface area contributed by atoms with Gasteiger partial charge >= 0.3 is 5.97 Å². The van der Waals surface area contributed by atoms with Gasteiger partial charge in [-0.25, -0.2) is 4.39 Å². The van der Waals surface area contributed by atoms with Crippen molar-refractivity contribution in [2.75, 3.05) is 12.4 Å². The van der Waals surface area contributed by atoms with Gasteiger partial charge in [0.15, 0.2) is 6.61 Å². The minimum Gasteiger partial charge on any atom is -0.456 e. The summed E-state index contributed by atoms with van der Waals surface area (Å²) in [5, 5.41) is 2.83. The molecule has 4 nitrogen and oxygen atoms in total. The van der Waals surface area contributed by atoms with Crippen molar-refractivity contribution in [3.63, 3.8) is 0 Å². The third-order valence-electron chi connectivity index (χ3n) is 4.16. The van der Waals surface area contributed by atoms with Crippen LogP contribution in [0.2, 0.25) is 0 Å². The average molecular weight is 389 g/mol. The fourth-order valence-electron chi connectivity index (χ4n) is 2.40. The van der Waals surface area contributed by atoms with Crippen molar-refractivity contribution >= 4 is 23.6 Å². The van der Waals surface area contributed by atoms with Gasteiger partial charge in [0.25, 0.3) is 5.91 Å². The highest BCUT2D eigenvalue weighted by Gasteiger charge is 2.12. The molecule has 2 rings (SSSR count). The van der Waals surface area contributed by atoms with Crippen LogP contribution in [-0.2, 0) is 14.3 Å². The van der Waals surface area contributed by atoms with Gasteiger partial charge < -0.3 is 10.1 Å². The number of nitrogens with one attached hydrogen (secondary N) is 1. The summed E-state index contributed by atoms with van der Waals surface area (Å²) in [4.78, 5) is 24.6. The number of halogens is 1. The Morgan fingerprint density at radius 3 is 2.48 bits per heavy atom. The van der Waals surface area contributed by atoms with Gasteiger partial charge in [-0.3, -0.25) is 9.59 Å². The van der Waals surface area contributed by atoms with E-state index in [4.69, 9.17) is 4.74 Å². The Hall–Kier alpha value is -2.34. The predicted octanol–water partition coefficient (Wildman–Crippen LogP) is 4.35. The van der Waals surface area contributed by atoms with Gasteiger partial charge in [0.05, 0.1) is 12.5 Å². The van der Waals surface area contributed by atoms with Crippen LogP contribution in [-0.4, -0.2) is 24.2 Å². The molecule has 0 fully saturated rings. The first-order valence-corrected chi connectivity index (χ1v) is 9.74. The second kappa shape index (κ2) is 10.1. The third kappa shape index (κ3) is 7.06. The highest BCUT2D eigenvalue weighted by atomic mass is 32.2. The van der Waals surface area contributed by atoms with Crippen LogP contribution in [0.1, 0.15) is 36.1 Å². The zero-order valence-corrected chi connectivity index (χ0v) is 16.6. The number of ether oxygens (including phenoxy) is 1. The molecular weight excluding hydrogens is 365 g/mol. The zero-order valence-electron chi connectivity index (χ0n) is 15.8. The number of carbonyl (C=O) groups excluding carboxylic acids is 2. The van der Waals surface area contributed by atoms with Crippen LogP contribution in [0.25, 0.3) is 0 Å². The van der Waals surface area contributed by atoms with Gasteiger partial charge in [0.2, 0.25) is 0 Å². The van der Waals surface area contributed by atoms with E-state index in [1.807, 2.05) is 39.0 Å². The van der Waals surface area contributed by atoms with Crippen LogP contribution in [0.4, 0.5) is 4.39 Å². The molecule has 1 N–H and O–H groups in total. The number of benzene rings is 2. The number of amides is 1. The molecule has 0 heterocycles. The van der Waals surface area contributed by atoms with Gasteiger partial charge in [-0.15, -0.1) is 11.8 Å². The van der Waals surface area contributed by atoms with E-state index in [-0.39, 0.29) is 30.8 Å². The Labute approximate surface area is 163 Å². The van der Waals surface area contributed by atoms with E-state index >= 15 is 0 Å². The first-order valence-electron chi connectivity index (χ1n) is 8.75. The quantitative estimate of drug-likeness (QED) is 0.539. The van der Waals surface area contributed by atoms with Crippen molar-refractivity contribution in [3.05, 3.63) is 65.0 Å². The number of hydrogen-bond acceptors (Lipinski definition) is 4. The number of hydrogen-bond donors (Lipinski definition) is 1. The molecule has 27 heavy (non-hydrogen) atoms. The van der Waals surface area contributed by atoms with Crippen LogP contribution >= 0.6 is 11.8 Å². The maximum absolute atomic E-state index is 12.8. The third-order valence-corrected chi connectivity index (χ3v) is 5.18. The Balaban J connectivity index is 1.68. The molecule has 0 aliphatic carbocycles. The Morgan fingerprint density at radius 2 is 1.81 bits per heavy atom. The first kappa shape index (κ1) is 21.0. The maximum Gasteiger partial charge on any atom is 0.307 e. The molecular formula is C21H24FNO3S. The van der Waals surface area contributed by atoms with Crippen molar-refractivity contribution in [3.8, 4) is 0 Å². The molecule has 2 aromatic rings. The summed E-state index contributed by atoms with van der Waals surface area (Å²) in [6.45, 7) is 5.66. The lowest BCUT2D eigenvalue weighted by Gasteiger charge is -2.15. The number of aryl methyl sites for hydroxylation is 2. The Morgan fingerprint density at radius 1 is 1.11 bits per heavy atom. The summed E-state index contributed by atoms with van der Waals surface area (Å²) in [7, 11) is 0. The number of thioether (sulfide) groups is 1. The minimum absolute atomic E-state index is 0.162. The lowest BCUT2D eigenvalue weighted by molar-refractivity contribution is -0.148. The topological polar surface area (TPSA) is 55.4 Å². The molecule has 0 bridgehead atoms. The molecule has 0 unspecified atom stereocenters. The van der Waals surface area contributed by atoms with Gasteiger partial charge in [0.1, 0.15) is 5.82 Å². The second-order valence-electron chi connectivity index (χ2n) is 6.35. The lowest BCUT2D eigenvalue weighted by atomic mass is 10.0. The van der Waals surface area contributed by atoms with Crippen molar-refractivity contribution in [1.82, 2.24) is 5.32 Å². The molecule has 0 aliphatic rings. The summed E-state index contributed by atoms with van der Waals surface area (Å²) in [5.74, 6) is -0.552. The largest absolute Gasteiger partial charge is 0.456 e. The van der Waals surface area contributed by atoms with Gasteiger partial charge in [0, 0.05) is 10.6 Å². The van der Waals surface area contributed by atoms with Crippen LogP contribution in [0.15, 0.2) is 47.4 Å². The molecule has 0 saturated carbocycles. The van der Waals surface area contributed by atoms with Crippen molar-refractivity contribution in [1.29, 1.82) is 0 Å². The van der Waals surface area contributed by atoms with E-state index in [9.17, 15) is 14.0 Å². The molecule has 1 amide bonds. The summed E-state index contributed by atoms with van der Waals surface area (Å²) in [5.41, 5.74) is 3.37. The predicted molar refractivity (Wildman–Crippen MR) is 105 cm³/mol. The Kier molecular flexibility index (Phi) is 7.85. The van der Waals surface area contributed by atoms with Crippen molar-refractivity contribution in [2.45, 2.75) is 38.1 Å². The van der Waals surface area contributed by atoms with E-state index in [0.29, 0.717) is 5.75 Å². The fraction of sp³-hybridized carbons (Fsp3) is 0.333. The maximum atomic E-state index is 12.8. The summed E-state index contributed by atoms with van der Waals surface area (Å²) >= 11 is 1.43. The number of rotatable bonds is 8. The standard InChI is InChI=1S/C21H24FNO3S/c1-14-4-5-17(12-15(14)2)16(3)23-20(24)13-26-21(25)10-11-27-19-8-6-18(22)7-9-19/h4-9,12,16H,10-11,13H2,1-3H3,(H,23,24)/t16-/m0/s1. The molecule has 0 aromatic heterocycles. The van der Waals surface area contributed by atoms with E-state index in [2.05, 4.69) is 5.32 Å². The molecule has 6 heteroatoms. The van der Waals surface area contributed by atoms with Gasteiger partial charge in [-0.1, -0.05) is 18.2 Å². The van der Waals surface area contributed by atoms with Crippen molar-refractivity contribution < 1.29 is 18.7 Å². The first-order chi connectivity index (χ1) is 12.8. The summed E-state index contributed by atoms with van der Waals surface area (Å²) in [6.07, 6.45) is 0.183. The monoisotopic (exact) mass is 389 g/mol. The van der Waals surface area contributed by atoms with E-state index < -0.39 is 5.97 Å². The van der Waals surface area contributed by atoms with Gasteiger partial charge in [-0.05, 0) is 61.7 Å². The van der Waals surface area contributed by atoms with Gasteiger partial charge in [-0.2, -0.15) is 0 Å². The molecule has 0 spiro atoms. The zero-order chi connectivity index (χ0) is 19.8. The normalized spacial score (nSPS) is 11.7. The molecule has 0 radical (unpaired) electrons. The van der Waals surface area contributed by atoms with E-state index in [0.717, 1.165) is 10.5 Å². The van der Waals surface area contributed by atoms with Crippen LogP contribution in [0.5, 0.6) is 0 Å². The number of esters is 1. The van der Waals surface area contributed by atoms with E-state index in [1.54, 1.807) is 12.1 Å². The van der Waals surface area contributed by atoms with Crippen molar-refractivity contribution in [2.24, 2.45) is 0 Å². The average Bonchev–Trinajstić information content (AvgIpc) is 2.64. The summed E-state index contributed by atoms with van der Waals surface area (Å²) < 4.78 is 17.8. The van der Waals surface area contributed by atoms with E-state index in [1.165, 1.54) is 35.0 Å². The van der Waals surface area contributed by atoms with Crippen LogP contribution in [0.3, 0.4) is 0 Å². The smallest absolute Gasteiger partial charge is 0.307 e. The lowest BCUT2D eigenvalue weighted by Crippen LogP contribution is -2.31. The molecule has 144 valence electrons. The molecule has 1 atom stereocenters. The molecule has 0 saturated heterocycles. The minimum atomic E-state index is -0.432. The highest BCUT2D eigenvalue weighted by molar-refractivity contribution is 7.99. The van der Waals surface area contributed by atoms with Crippen LogP contribution in [0, 0.1) is 19.7 Å². The molecule has 0 aliphatic heterocycles. The molecule has 2 aromatic carbocycles. The van der Waals surface area contributed by atoms with Crippen LogP contribution < -0.4 is 5.32 Å². The highest BCUT2D eigenvalue weighted by Crippen LogP contribution is 2.19. The fourth-order valence-corrected chi connectivity index (χ4v) is 3.23. The summed E-state index contributed by atoms with van der Waals surface area (Å²) in [6, 6.07) is 11.9. The Bertz CT molecular complexity index is 793. The number of carbonyl (C=O) groups is 2. The SMILES string of the molecule is Cc1ccc([C@H](C)NC(=O)COC(=O)CCSc2ccc(F)cc2)cc1C.